The van der Waals surface area contributed by atoms with Gasteiger partial charge in [0.2, 0.25) is 0 Å². The van der Waals surface area contributed by atoms with Crippen molar-refractivity contribution in [1.82, 2.24) is 13.9 Å². The maximum absolute atomic E-state index is 12.2. The fourth-order valence-corrected chi connectivity index (χ4v) is 4.71. The van der Waals surface area contributed by atoms with Gasteiger partial charge in [-0.25, -0.2) is 23.5 Å². The number of allylic oxidation sites excluding steroid dienone is 4. The van der Waals surface area contributed by atoms with Crippen molar-refractivity contribution < 1.29 is 0 Å². The van der Waals surface area contributed by atoms with Gasteiger partial charge in [-0.2, -0.15) is 0 Å². The van der Waals surface area contributed by atoms with Crippen molar-refractivity contribution in [2.75, 3.05) is 0 Å². The molecule has 1 aliphatic heterocycles. The summed E-state index contributed by atoms with van der Waals surface area (Å²) in [5.41, 5.74) is 2.59. The quantitative estimate of drug-likeness (QED) is 0.644. The Hall–Kier alpha value is -1.78. The Morgan fingerprint density at radius 3 is 1.84 bits per heavy atom. The van der Waals surface area contributed by atoms with Crippen LogP contribution >= 0.6 is 0 Å². The third-order valence-electron chi connectivity index (χ3n) is 5.45. The molecule has 0 amide bonds. The van der Waals surface area contributed by atoms with E-state index < -0.39 is 0 Å². The summed E-state index contributed by atoms with van der Waals surface area (Å²) in [6.07, 6.45) is 7.95. The monoisotopic (exact) mass is 257 g/mol. The summed E-state index contributed by atoms with van der Waals surface area (Å²) in [6.45, 7) is 0. The lowest BCUT2D eigenvalue weighted by Crippen LogP contribution is -2.35. The van der Waals surface area contributed by atoms with E-state index >= 15 is 0 Å². The van der Waals surface area contributed by atoms with Gasteiger partial charge >= 0.3 is 11.4 Å². The second-order valence-corrected chi connectivity index (χ2v) is 6.17. The molecule has 0 spiro atoms. The van der Waals surface area contributed by atoms with Crippen LogP contribution in [-0.2, 0) is 7.05 Å². The van der Waals surface area contributed by atoms with Gasteiger partial charge in [0, 0.05) is 25.3 Å². The number of rotatable bonds is 0. The Morgan fingerprint density at radius 1 is 0.947 bits per heavy atom. The zero-order chi connectivity index (χ0) is 12.9. The molecule has 4 bridgehead atoms. The third kappa shape index (κ3) is 0.904. The van der Waals surface area contributed by atoms with Crippen molar-refractivity contribution in [3.63, 3.8) is 0 Å². The van der Waals surface area contributed by atoms with E-state index in [9.17, 15) is 9.59 Å². The molecule has 0 unspecified atom stereocenters. The Morgan fingerprint density at radius 2 is 1.42 bits per heavy atom. The molecule has 98 valence electrons. The largest absolute Gasteiger partial charge is 0.347 e. The highest BCUT2D eigenvalue weighted by atomic mass is 16.2. The number of nitrogens with zero attached hydrogens (tertiary/aromatic N) is 3. The van der Waals surface area contributed by atoms with Crippen molar-refractivity contribution in [3.05, 3.63) is 44.3 Å². The van der Waals surface area contributed by atoms with E-state index in [0.29, 0.717) is 11.8 Å². The van der Waals surface area contributed by atoms with Gasteiger partial charge in [-0.15, -0.1) is 0 Å². The first-order valence-electron chi connectivity index (χ1n) is 7.00. The van der Waals surface area contributed by atoms with E-state index in [1.165, 1.54) is 28.6 Å². The van der Waals surface area contributed by atoms with Crippen LogP contribution < -0.4 is 11.4 Å². The van der Waals surface area contributed by atoms with Crippen LogP contribution in [0.2, 0.25) is 0 Å². The lowest BCUT2D eigenvalue weighted by Gasteiger charge is -2.38. The zero-order valence-corrected chi connectivity index (χ0v) is 10.7. The molecule has 0 saturated heterocycles. The highest BCUT2D eigenvalue weighted by Crippen LogP contribution is 2.58. The van der Waals surface area contributed by atoms with Gasteiger partial charge in [0.1, 0.15) is 0 Å². The van der Waals surface area contributed by atoms with Crippen LogP contribution in [0.1, 0.15) is 31.3 Å². The molecule has 5 aliphatic rings. The second kappa shape index (κ2) is 2.86. The molecule has 0 aromatic carbocycles. The van der Waals surface area contributed by atoms with Gasteiger partial charge in [-0.05, 0) is 24.0 Å². The summed E-state index contributed by atoms with van der Waals surface area (Å²) in [7, 11) is 1.58. The average Bonchev–Trinajstić information content (AvgIpc) is 3.09. The average molecular weight is 257 g/mol. The maximum atomic E-state index is 12.2. The molecule has 0 radical (unpaired) electrons. The predicted octanol–water partition coefficient (Wildman–Crippen LogP) is 0.741. The van der Waals surface area contributed by atoms with Crippen LogP contribution in [0.15, 0.2) is 32.9 Å². The Kier molecular flexibility index (Phi) is 1.52. The van der Waals surface area contributed by atoms with Gasteiger partial charge in [0.05, 0.1) is 12.1 Å². The summed E-state index contributed by atoms with van der Waals surface area (Å²) in [5, 5.41) is 0. The standard InChI is InChI=1S/C14H15N3O2/c1-15-13(18)16-9-6-10(17(16)14(15)19)12-8-3-2-7(4-5-8)11(9)12/h2-3,7-10H,4-6H2,1H3/t7-,8+,9+,10-. The van der Waals surface area contributed by atoms with Crippen molar-refractivity contribution in [2.24, 2.45) is 18.9 Å². The van der Waals surface area contributed by atoms with E-state index in [4.69, 9.17) is 0 Å². The van der Waals surface area contributed by atoms with Gasteiger partial charge in [-0.3, -0.25) is 0 Å². The molecule has 19 heavy (non-hydrogen) atoms. The molecule has 2 heterocycles. The zero-order valence-electron chi connectivity index (χ0n) is 10.7. The molecule has 4 atom stereocenters. The summed E-state index contributed by atoms with van der Waals surface area (Å²) in [6, 6.07) is 0.276. The number of hydrogen-bond donors (Lipinski definition) is 0. The van der Waals surface area contributed by atoms with E-state index in [1.807, 2.05) is 0 Å². The van der Waals surface area contributed by atoms with E-state index in [1.54, 1.807) is 16.4 Å². The summed E-state index contributed by atoms with van der Waals surface area (Å²) >= 11 is 0. The first kappa shape index (κ1) is 10.1. The minimum atomic E-state index is -0.158. The molecule has 5 heteroatoms. The first-order chi connectivity index (χ1) is 9.18. The summed E-state index contributed by atoms with van der Waals surface area (Å²) < 4.78 is 4.66. The van der Waals surface area contributed by atoms with Crippen LogP contribution in [0.3, 0.4) is 0 Å². The van der Waals surface area contributed by atoms with Crippen molar-refractivity contribution in [3.8, 4) is 0 Å². The topological polar surface area (TPSA) is 48.9 Å². The second-order valence-electron chi connectivity index (χ2n) is 6.17. The van der Waals surface area contributed by atoms with Crippen LogP contribution in [0, 0.1) is 11.8 Å². The Labute approximate surface area is 109 Å². The highest BCUT2D eigenvalue weighted by molar-refractivity contribution is 5.44. The summed E-state index contributed by atoms with van der Waals surface area (Å²) in [4.78, 5) is 24.4. The number of hydrogen-bond acceptors (Lipinski definition) is 2. The Bertz CT molecular complexity index is 727. The lowest BCUT2D eigenvalue weighted by atomic mass is 9.71. The van der Waals surface area contributed by atoms with Crippen LogP contribution in [0.5, 0.6) is 0 Å². The van der Waals surface area contributed by atoms with Crippen molar-refractivity contribution in [2.45, 2.75) is 31.3 Å². The molecule has 5 nitrogen and oxygen atoms in total. The number of fused-ring (bicyclic) bond motifs is 6. The Balaban J connectivity index is 1.82. The molecule has 1 aromatic rings. The molecular formula is C14H15N3O2. The minimum Gasteiger partial charge on any atom is -0.246 e. The SMILES string of the molecule is Cn1c(=O)n2n(c1=O)[C@H]1C[C@@H]2C2=C1[C@@H]1C=C[C@H]2CC1. The molecule has 0 N–H and O–H groups in total. The van der Waals surface area contributed by atoms with Crippen molar-refractivity contribution in [1.29, 1.82) is 0 Å². The molecule has 4 aliphatic carbocycles. The van der Waals surface area contributed by atoms with Gasteiger partial charge in [-0.1, -0.05) is 12.2 Å². The van der Waals surface area contributed by atoms with Gasteiger partial charge in [0.15, 0.2) is 0 Å². The van der Waals surface area contributed by atoms with Gasteiger partial charge in [0.25, 0.3) is 0 Å². The van der Waals surface area contributed by atoms with Crippen molar-refractivity contribution >= 4 is 0 Å². The maximum Gasteiger partial charge on any atom is 0.347 e. The minimum absolute atomic E-state index is 0.138. The highest BCUT2D eigenvalue weighted by Gasteiger charge is 2.51. The molecule has 1 aromatic heterocycles. The smallest absolute Gasteiger partial charge is 0.246 e. The van der Waals surface area contributed by atoms with Crippen LogP contribution in [0.25, 0.3) is 0 Å². The number of aromatic nitrogens is 3. The summed E-state index contributed by atoms with van der Waals surface area (Å²) in [5.74, 6) is 1.01. The fraction of sp³-hybridized carbons (Fsp3) is 0.571. The van der Waals surface area contributed by atoms with E-state index in [2.05, 4.69) is 12.2 Å². The molecular weight excluding hydrogens is 242 g/mol. The fourth-order valence-electron chi connectivity index (χ4n) is 4.71. The first-order valence-corrected chi connectivity index (χ1v) is 7.00. The van der Waals surface area contributed by atoms with E-state index in [-0.39, 0.29) is 23.5 Å². The predicted molar refractivity (Wildman–Crippen MR) is 69.0 cm³/mol. The lowest BCUT2D eigenvalue weighted by molar-refractivity contribution is 0.373. The van der Waals surface area contributed by atoms with Crippen LogP contribution in [0.4, 0.5) is 0 Å². The molecule has 0 saturated carbocycles. The molecule has 6 rings (SSSR count). The van der Waals surface area contributed by atoms with E-state index in [0.717, 1.165) is 6.42 Å². The van der Waals surface area contributed by atoms with Gasteiger partial charge < -0.3 is 0 Å². The normalized spacial score (nSPS) is 37.1. The molecule has 0 fully saturated rings. The van der Waals surface area contributed by atoms with Crippen LogP contribution in [-0.4, -0.2) is 13.9 Å². The third-order valence-corrected chi connectivity index (χ3v) is 5.45.